The molecule has 2 aromatic carbocycles. The minimum absolute atomic E-state index is 0.00746. The van der Waals surface area contributed by atoms with E-state index in [9.17, 15) is 15.0 Å². The highest BCUT2D eigenvalue weighted by Gasteiger charge is 2.11. The molecular formula is C12H9N3O3. The maximum absolute atomic E-state index is 10.7. The number of nitro benzene ring substituents is 1. The van der Waals surface area contributed by atoms with Crippen LogP contribution in [0.3, 0.4) is 0 Å². The zero-order valence-electron chi connectivity index (χ0n) is 9.24. The smallest absolute Gasteiger partial charge is 0.271 e. The van der Waals surface area contributed by atoms with Crippen molar-refractivity contribution in [2.24, 2.45) is 5.18 Å². The molecule has 0 fully saturated rings. The Morgan fingerprint density at radius 3 is 2.44 bits per heavy atom. The minimum atomic E-state index is -0.568. The molecule has 0 saturated heterocycles. The molecule has 0 amide bonds. The minimum Gasteiger partial charge on any atom is -0.354 e. The zero-order chi connectivity index (χ0) is 13.0. The van der Waals surface area contributed by atoms with Crippen LogP contribution in [-0.2, 0) is 0 Å². The SMILES string of the molecule is O=Nc1cc([N+](=O)[O-])ccc1Nc1ccccc1. The molecule has 2 rings (SSSR count). The average Bonchev–Trinajstić information content (AvgIpc) is 2.40. The number of hydrogen-bond acceptors (Lipinski definition) is 5. The van der Waals surface area contributed by atoms with Gasteiger partial charge in [-0.2, -0.15) is 0 Å². The highest BCUT2D eigenvalue weighted by atomic mass is 16.6. The van der Waals surface area contributed by atoms with E-state index in [1.165, 1.54) is 12.1 Å². The number of nitro groups is 1. The Morgan fingerprint density at radius 2 is 1.83 bits per heavy atom. The van der Waals surface area contributed by atoms with Crippen LogP contribution in [0.4, 0.5) is 22.7 Å². The van der Waals surface area contributed by atoms with Crippen LogP contribution in [-0.4, -0.2) is 4.92 Å². The maximum atomic E-state index is 10.7. The number of rotatable bonds is 4. The molecule has 0 radical (unpaired) electrons. The maximum Gasteiger partial charge on any atom is 0.271 e. The van der Waals surface area contributed by atoms with E-state index in [4.69, 9.17) is 0 Å². The predicted molar refractivity (Wildman–Crippen MR) is 68.3 cm³/mol. The highest BCUT2D eigenvalue weighted by molar-refractivity contribution is 5.74. The van der Waals surface area contributed by atoms with Gasteiger partial charge in [0, 0.05) is 17.8 Å². The fourth-order valence-electron chi connectivity index (χ4n) is 1.49. The molecule has 6 heteroatoms. The largest absolute Gasteiger partial charge is 0.354 e. The third-order valence-corrected chi connectivity index (χ3v) is 2.34. The summed E-state index contributed by atoms with van der Waals surface area (Å²) in [5, 5.41) is 16.3. The van der Waals surface area contributed by atoms with Gasteiger partial charge in [-0.15, -0.1) is 4.91 Å². The second kappa shape index (κ2) is 5.05. The molecule has 6 nitrogen and oxygen atoms in total. The monoisotopic (exact) mass is 243 g/mol. The van der Waals surface area contributed by atoms with E-state index in [-0.39, 0.29) is 11.4 Å². The van der Waals surface area contributed by atoms with E-state index in [1.807, 2.05) is 30.3 Å². The Bertz CT molecular complexity index is 584. The van der Waals surface area contributed by atoms with Gasteiger partial charge in [-0.1, -0.05) is 18.2 Å². The van der Waals surface area contributed by atoms with Crippen molar-refractivity contribution in [3.63, 3.8) is 0 Å². The number of nitroso groups, excluding NO2 is 1. The average molecular weight is 243 g/mol. The second-order valence-corrected chi connectivity index (χ2v) is 3.54. The van der Waals surface area contributed by atoms with Crippen molar-refractivity contribution >= 4 is 22.7 Å². The molecule has 0 atom stereocenters. The van der Waals surface area contributed by atoms with Crippen molar-refractivity contribution in [1.29, 1.82) is 0 Å². The third kappa shape index (κ3) is 2.49. The quantitative estimate of drug-likeness (QED) is 0.503. The first-order valence-electron chi connectivity index (χ1n) is 5.14. The molecular weight excluding hydrogens is 234 g/mol. The van der Waals surface area contributed by atoms with Crippen LogP contribution in [0.1, 0.15) is 0 Å². The van der Waals surface area contributed by atoms with E-state index >= 15 is 0 Å². The summed E-state index contributed by atoms with van der Waals surface area (Å²) >= 11 is 0. The summed E-state index contributed by atoms with van der Waals surface area (Å²) in [5.74, 6) is 0. The van der Waals surface area contributed by atoms with Gasteiger partial charge in [0.15, 0.2) is 0 Å². The van der Waals surface area contributed by atoms with Crippen molar-refractivity contribution in [3.8, 4) is 0 Å². The molecule has 0 aliphatic heterocycles. The predicted octanol–water partition coefficient (Wildman–Crippen LogP) is 3.74. The molecule has 0 aliphatic carbocycles. The third-order valence-electron chi connectivity index (χ3n) is 2.34. The number of anilines is 2. The van der Waals surface area contributed by atoms with E-state index in [2.05, 4.69) is 10.5 Å². The number of para-hydroxylation sites is 1. The van der Waals surface area contributed by atoms with Gasteiger partial charge in [-0.05, 0) is 23.4 Å². The van der Waals surface area contributed by atoms with E-state index < -0.39 is 4.92 Å². The fraction of sp³-hybridized carbons (Fsp3) is 0. The molecule has 18 heavy (non-hydrogen) atoms. The summed E-state index contributed by atoms with van der Waals surface area (Å²) in [4.78, 5) is 20.7. The standard InChI is InChI=1S/C12H9N3O3/c16-14-12-8-10(15(17)18)6-7-11(12)13-9-4-2-1-3-5-9/h1-8,13H. The lowest BCUT2D eigenvalue weighted by Gasteiger charge is -2.07. The van der Waals surface area contributed by atoms with Gasteiger partial charge >= 0.3 is 0 Å². The van der Waals surface area contributed by atoms with Crippen molar-refractivity contribution in [3.05, 3.63) is 63.6 Å². The number of nitrogens with one attached hydrogen (secondary N) is 1. The second-order valence-electron chi connectivity index (χ2n) is 3.54. The lowest BCUT2D eigenvalue weighted by Crippen LogP contribution is -1.92. The number of benzene rings is 2. The van der Waals surface area contributed by atoms with Crippen molar-refractivity contribution in [1.82, 2.24) is 0 Å². The zero-order valence-corrected chi connectivity index (χ0v) is 9.24. The van der Waals surface area contributed by atoms with Crippen LogP contribution in [0.15, 0.2) is 53.7 Å². The number of nitrogens with zero attached hydrogens (tertiary/aromatic N) is 2. The fourth-order valence-corrected chi connectivity index (χ4v) is 1.49. The van der Waals surface area contributed by atoms with E-state index in [0.29, 0.717) is 5.69 Å². The summed E-state index contributed by atoms with van der Waals surface area (Å²) in [6.45, 7) is 0. The molecule has 0 aliphatic rings. The lowest BCUT2D eigenvalue weighted by molar-refractivity contribution is -0.384. The molecule has 2 aromatic rings. The molecule has 0 aromatic heterocycles. The van der Waals surface area contributed by atoms with Gasteiger partial charge in [0.2, 0.25) is 0 Å². The van der Waals surface area contributed by atoms with Gasteiger partial charge in [0.1, 0.15) is 5.69 Å². The van der Waals surface area contributed by atoms with Gasteiger partial charge in [-0.3, -0.25) is 10.1 Å². The molecule has 0 saturated carbocycles. The van der Waals surface area contributed by atoms with Gasteiger partial charge in [0.25, 0.3) is 5.69 Å². The van der Waals surface area contributed by atoms with Crippen LogP contribution in [0.2, 0.25) is 0 Å². The van der Waals surface area contributed by atoms with Crippen LogP contribution in [0, 0.1) is 15.0 Å². The Labute approximate surface area is 102 Å². The first-order chi connectivity index (χ1) is 8.70. The molecule has 0 heterocycles. The Balaban J connectivity index is 2.34. The summed E-state index contributed by atoms with van der Waals surface area (Å²) in [5.41, 5.74) is 1.05. The van der Waals surface area contributed by atoms with Crippen molar-refractivity contribution in [2.45, 2.75) is 0 Å². The first kappa shape index (κ1) is 11.7. The molecule has 1 N–H and O–H groups in total. The van der Waals surface area contributed by atoms with Crippen LogP contribution in [0.5, 0.6) is 0 Å². The van der Waals surface area contributed by atoms with Crippen molar-refractivity contribution < 1.29 is 4.92 Å². The molecule has 0 spiro atoms. The lowest BCUT2D eigenvalue weighted by atomic mass is 10.2. The van der Waals surface area contributed by atoms with E-state index in [0.717, 1.165) is 11.8 Å². The molecule has 0 bridgehead atoms. The Hall–Kier alpha value is -2.76. The van der Waals surface area contributed by atoms with Gasteiger partial charge < -0.3 is 5.32 Å². The number of non-ortho nitro benzene ring substituents is 1. The molecule has 0 unspecified atom stereocenters. The summed E-state index contributed by atoms with van der Waals surface area (Å²) < 4.78 is 0. The normalized spacial score (nSPS) is 9.78. The Morgan fingerprint density at radius 1 is 1.11 bits per heavy atom. The van der Waals surface area contributed by atoms with Crippen LogP contribution >= 0.6 is 0 Å². The highest BCUT2D eigenvalue weighted by Crippen LogP contribution is 2.31. The summed E-state index contributed by atoms with van der Waals surface area (Å²) in [7, 11) is 0. The van der Waals surface area contributed by atoms with Gasteiger partial charge in [-0.25, -0.2) is 0 Å². The molecule has 90 valence electrons. The Kier molecular flexibility index (Phi) is 3.29. The van der Waals surface area contributed by atoms with Gasteiger partial charge in [0.05, 0.1) is 10.6 Å². The van der Waals surface area contributed by atoms with E-state index in [1.54, 1.807) is 0 Å². The summed E-state index contributed by atoms with van der Waals surface area (Å²) in [6.07, 6.45) is 0. The van der Waals surface area contributed by atoms with Crippen molar-refractivity contribution in [2.75, 3.05) is 5.32 Å². The van der Waals surface area contributed by atoms with Crippen LogP contribution in [0.25, 0.3) is 0 Å². The van der Waals surface area contributed by atoms with Crippen LogP contribution < -0.4 is 5.32 Å². The summed E-state index contributed by atoms with van der Waals surface area (Å²) in [6, 6.07) is 13.1. The number of hydrogen-bond donors (Lipinski definition) is 1. The first-order valence-corrected chi connectivity index (χ1v) is 5.14. The topological polar surface area (TPSA) is 84.6 Å².